The second-order valence-electron chi connectivity index (χ2n) is 4.87. The molecule has 0 heterocycles. The smallest absolute Gasteiger partial charge is 0.307 e. The van der Waals surface area contributed by atoms with Crippen LogP contribution in [0.5, 0.6) is 0 Å². The Morgan fingerprint density at radius 1 is 1.44 bits per heavy atom. The number of benzene rings is 1. The molecule has 3 nitrogen and oxygen atoms in total. The Labute approximate surface area is 111 Å². The lowest BCUT2D eigenvalue weighted by atomic mass is 10.2. The number of esters is 1. The minimum Gasteiger partial charge on any atom is -0.460 e. The van der Waals surface area contributed by atoms with Crippen LogP contribution in [0.3, 0.4) is 0 Å². The standard InChI is InChI=1S/C13H18FNO2S/c1-13(2,3)17-12(16)6-7-18-9-4-5-11(15)10(14)8-9/h4-5,8H,6-7,15H2,1-3H3. The highest BCUT2D eigenvalue weighted by molar-refractivity contribution is 7.99. The quantitative estimate of drug-likeness (QED) is 0.519. The predicted octanol–water partition coefficient (Wildman–Crippen LogP) is 3.23. The zero-order valence-corrected chi connectivity index (χ0v) is 11.6. The lowest BCUT2D eigenvalue weighted by Gasteiger charge is -2.19. The van der Waals surface area contributed by atoms with Gasteiger partial charge >= 0.3 is 5.97 Å². The summed E-state index contributed by atoms with van der Waals surface area (Å²) in [5.74, 6) is -0.124. The Balaban J connectivity index is 2.38. The number of hydrogen-bond acceptors (Lipinski definition) is 4. The second-order valence-corrected chi connectivity index (χ2v) is 6.04. The van der Waals surface area contributed by atoms with Gasteiger partial charge in [0.05, 0.1) is 12.1 Å². The minimum atomic E-state index is -0.463. The second kappa shape index (κ2) is 6.09. The fourth-order valence-corrected chi connectivity index (χ4v) is 2.10. The molecule has 1 aromatic carbocycles. The molecule has 1 rings (SSSR count). The first-order chi connectivity index (χ1) is 8.28. The molecule has 0 radical (unpaired) electrons. The molecule has 0 saturated heterocycles. The summed E-state index contributed by atoms with van der Waals surface area (Å²) in [5.41, 5.74) is 5.04. The average Bonchev–Trinajstić information content (AvgIpc) is 2.20. The topological polar surface area (TPSA) is 52.3 Å². The van der Waals surface area contributed by atoms with Gasteiger partial charge in [-0.25, -0.2) is 4.39 Å². The maximum absolute atomic E-state index is 13.2. The van der Waals surface area contributed by atoms with E-state index in [4.69, 9.17) is 10.5 Å². The lowest BCUT2D eigenvalue weighted by Crippen LogP contribution is -2.23. The van der Waals surface area contributed by atoms with Crippen LogP contribution in [0.15, 0.2) is 23.1 Å². The van der Waals surface area contributed by atoms with Crippen LogP contribution in [0.1, 0.15) is 27.2 Å². The highest BCUT2D eigenvalue weighted by Gasteiger charge is 2.15. The van der Waals surface area contributed by atoms with Crippen molar-refractivity contribution in [2.24, 2.45) is 0 Å². The summed E-state index contributed by atoms with van der Waals surface area (Å²) in [6, 6.07) is 4.62. The van der Waals surface area contributed by atoms with E-state index in [0.29, 0.717) is 12.2 Å². The van der Waals surface area contributed by atoms with Gasteiger partial charge in [0.1, 0.15) is 11.4 Å². The molecule has 0 aliphatic rings. The van der Waals surface area contributed by atoms with Crippen LogP contribution < -0.4 is 5.73 Å². The number of nitrogens with two attached hydrogens (primary N) is 1. The molecule has 100 valence electrons. The SMILES string of the molecule is CC(C)(C)OC(=O)CCSc1ccc(N)c(F)c1. The normalized spacial score (nSPS) is 11.3. The van der Waals surface area contributed by atoms with Crippen LogP contribution in [0.25, 0.3) is 0 Å². The van der Waals surface area contributed by atoms with Crippen LogP contribution in [0, 0.1) is 5.82 Å². The first kappa shape index (κ1) is 14.8. The van der Waals surface area contributed by atoms with Crippen molar-refractivity contribution in [2.75, 3.05) is 11.5 Å². The number of carbonyl (C=O) groups excluding carboxylic acids is 1. The molecule has 0 aromatic heterocycles. The number of hydrogen-bond donors (Lipinski definition) is 1. The maximum Gasteiger partial charge on any atom is 0.307 e. The number of rotatable bonds is 4. The van der Waals surface area contributed by atoms with E-state index in [-0.39, 0.29) is 11.7 Å². The summed E-state index contributed by atoms with van der Waals surface area (Å²) in [6.07, 6.45) is 0.300. The zero-order chi connectivity index (χ0) is 13.8. The van der Waals surface area contributed by atoms with Crippen molar-refractivity contribution in [3.63, 3.8) is 0 Å². The van der Waals surface area contributed by atoms with E-state index in [2.05, 4.69) is 0 Å². The molecule has 2 N–H and O–H groups in total. The van der Waals surface area contributed by atoms with Crippen molar-refractivity contribution in [2.45, 2.75) is 37.7 Å². The van der Waals surface area contributed by atoms with Gasteiger partial charge in [0.15, 0.2) is 0 Å². The molecule has 0 aliphatic carbocycles. The molecule has 1 aromatic rings. The van der Waals surface area contributed by atoms with E-state index in [1.165, 1.54) is 23.9 Å². The first-order valence-corrected chi connectivity index (χ1v) is 6.66. The van der Waals surface area contributed by atoms with Gasteiger partial charge in [-0.15, -0.1) is 11.8 Å². The molecule has 18 heavy (non-hydrogen) atoms. The van der Waals surface area contributed by atoms with Gasteiger partial charge in [-0.1, -0.05) is 0 Å². The zero-order valence-electron chi connectivity index (χ0n) is 10.8. The van der Waals surface area contributed by atoms with Gasteiger partial charge in [0, 0.05) is 10.6 Å². The summed E-state index contributed by atoms with van der Waals surface area (Å²) in [6.45, 7) is 5.48. The van der Waals surface area contributed by atoms with Crippen molar-refractivity contribution in [1.82, 2.24) is 0 Å². The molecule has 0 unspecified atom stereocenters. The summed E-state index contributed by atoms with van der Waals surface area (Å²) >= 11 is 1.40. The highest BCUT2D eigenvalue weighted by Crippen LogP contribution is 2.23. The van der Waals surface area contributed by atoms with Crippen LogP contribution >= 0.6 is 11.8 Å². The van der Waals surface area contributed by atoms with E-state index in [0.717, 1.165) is 4.90 Å². The number of nitrogen functional groups attached to an aromatic ring is 1. The Morgan fingerprint density at radius 3 is 2.67 bits per heavy atom. The number of carbonyl (C=O) groups is 1. The number of ether oxygens (including phenoxy) is 1. The van der Waals surface area contributed by atoms with Gasteiger partial charge in [-0.3, -0.25) is 4.79 Å². The molecule has 0 saturated carbocycles. The Bertz CT molecular complexity index is 429. The summed E-state index contributed by atoms with van der Waals surface area (Å²) in [7, 11) is 0. The number of anilines is 1. The Hall–Kier alpha value is -1.23. The fraction of sp³-hybridized carbons (Fsp3) is 0.462. The van der Waals surface area contributed by atoms with E-state index >= 15 is 0 Å². The Morgan fingerprint density at radius 2 is 2.11 bits per heavy atom. The molecule has 0 aliphatic heterocycles. The average molecular weight is 271 g/mol. The fourth-order valence-electron chi connectivity index (χ4n) is 1.24. The summed E-state index contributed by atoms with van der Waals surface area (Å²) in [4.78, 5) is 12.2. The molecule has 0 amide bonds. The van der Waals surface area contributed by atoms with Crippen LogP contribution in [0.2, 0.25) is 0 Å². The number of halogens is 1. The predicted molar refractivity (Wildman–Crippen MR) is 72.0 cm³/mol. The molecule has 0 bridgehead atoms. The highest BCUT2D eigenvalue weighted by atomic mass is 32.2. The van der Waals surface area contributed by atoms with Crippen molar-refractivity contribution in [3.8, 4) is 0 Å². The lowest BCUT2D eigenvalue weighted by molar-refractivity contribution is -0.154. The third-order valence-electron chi connectivity index (χ3n) is 1.97. The van der Waals surface area contributed by atoms with Crippen molar-refractivity contribution in [1.29, 1.82) is 0 Å². The van der Waals surface area contributed by atoms with Gasteiger partial charge in [0.25, 0.3) is 0 Å². The molecule has 5 heteroatoms. The summed E-state index contributed by atoms with van der Waals surface area (Å²) in [5, 5.41) is 0. The van der Waals surface area contributed by atoms with E-state index in [1.54, 1.807) is 6.07 Å². The third kappa shape index (κ3) is 5.40. The molecular weight excluding hydrogens is 253 g/mol. The minimum absolute atomic E-state index is 0.131. The van der Waals surface area contributed by atoms with E-state index in [9.17, 15) is 9.18 Å². The van der Waals surface area contributed by atoms with Crippen LogP contribution in [-0.2, 0) is 9.53 Å². The summed E-state index contributed by atoms with van der Waals surface area (Å²) < 4.78 is 18.3. The molecule has 0 atom stereocenters. The largest absolute Gasteiger partial charge is 0.460 e. The molecule has 0 spiro atoms. The maximum atomic E-state index is 13.2. The Kier molecular flexibility index (Phi) is 5.02. The molecular formula is C13H18FNO2S. The van der Waals surface area contributed by atoms with E-state index < -0.39 is 11.4 Å². The van der Waals surface area contributed by atoms with Crippen LogP contribution in [-0.4, -0.2) is 17.3 Å². The van der Waals surface area contributed by atoms with Gasteiger partial charge in [0.2, 0.25) is 0 Å². The monoisotopic (exact) mass is 271 g/mol. The number of thioether (sulfide) groups is 1. The third-order valence-corrected chi connectivity index (χ3v) is 2.96. The van der Waals surface area contributed by atoms with Gasteiger partial charge < -0.3 is 10.5 Å². The van der Waals surface area contributed by atoms with Gasteiger partial charge in [-0.05, 0) is 39.0 Å². The van der Waals surface area contributed by atoms with Gasteiger partial charge in [-0.2, -0.15) is 0 Å². The van der Waals surface area contributed by atoms with Crippen molar-refractivity contribution < 1.29 is 13.9 Å². The molecule has 0 fully saturated rings. The van der Waals surface area contributed by atoms with Crippen LogP contribution in [0.4, 0.5) is 10.1 Å². The first-order valence-electron chi connectivity index (χ1n) is 5.67. The van der Waals surface area contributed by atoms with E-state index in [1.807, 2.05) is 20.8 Å². The van der Waals surface area contributed by atoms with Crippen molar-refractivity contribution in [3.05, 3.63) is 24.0 Å². The van der Waals surface area contributed by atoms with Crippen molar-refractivity contribution >= 4 is 23.4 Å².